The summed E-state index contributed by atoms with van der Waals surface area (Å²) in [7, 11) is 0. The fourth-order valence-corrected chi connectivity index (χ4v) is 2.90. The Bertz CT molecular complexity index is 641. The Morgan fingerprint density at radius 2 is 2.26 bits per heavy atom. The lowest BCUT2D eigenvalue weighted by molar-refractivity contribution is 0.0699. The lowest BCUT2D eigenvalue weighted by Crippen LogP contribution is -2.08. The van der Waals surface area contributed by atoms with Crippen LogP contribution in [0.3, 0.4) is 0 Å². The predicted molar refractivity (Wildman–Crippen MR) is 73.5 cm³/mol. The highest BCUT2D eigenvalue weighted by Gasteiger charge is 2.26. The first-order chi connectivity index (χ1) is 9.08. The van der Waals surface area contributed by atoms with Crippen LogP contribution >= 0.6 is 0 Å². The number of fused-ring (bicyclic) bond motifs is 1. The highest BCUT2D eigenvalue weighted by atomic mass is 16.4. The Morgan fingerprint density at radius 1 is 1.53 bits per heavy atom. The predicted octanol–water partition coefficient (Wildman–Crippen LogP) is 3.40. The highest BCUT2D eigenvalue weighted by Crippen LogP contribution is 2.38. The number of imidazole rings is 1. The number of aromatic nitrogens is 2. The molecule has 0 spiro atoms. The second-order valence-electron chi connectivity index (χ2n) is 5.54. The average molecular weight is 258 g/mol. The summed E-state index contributed by atoms with van der Waals surface area (Å²) in [6.45, 7) is 4.15. The zero-order chi connectivity index (χ0) is 13.6. The number of carbonyl (C=O) groups is 1. The maximum Gasteiger partial charge on any atom is 0.337 e. The van der Waals surface area contributed by atoms with Gasteiger partial charge in [0, 0.05) is 6.04 Å². The van der Waals surface area contributed by atoms with Gasteiger partial charge in [0.25, 0.3) is 0 Å². The van der Waals surface area contributed by atoms with Crippen LogP contribution in [0.15, 0.2) is 18.2 Å². The first-order valence-corrected chi connectivity index (χ1v) is 6.78. The summed E-state index contributed by atoms with van der Waals surface area (Å²) in [5, 5.41) is 9.23. The van der Waals surface area contributed by atoms with Crippen molar-refractivity contribution < 1.29 is 9.90 Å². The Balaban J connectivity index is 2.10. The molecule has 1 fully saturated rings. The van der Waals surface area contributed by atoms with Gasteiger partial charge in [0.1, 0.15) is 11.3 Å². The maximum atomic E-state index is 11.2. The van der Waals surface area contributed by atoms with Crippen LogP contribution < -0.4 is 0 Å². The average Bonchev–Trinajstić information content (AvgIpc) is 3.08. The molecule has 0 bridgehead atoms. The number of aryl methyl sites for hydroxylation is 1. The maximum absolute atomic E-state index is 11.2. The van der Waals surface area contributed by atoms with E-state index in [9.17, 15) is 9.90 Å². The van der Waals surface area contributed by atoms with E-state index in [1.165, 1.54) is 12.8 Å². The smallest absolute Gasteiger partial charge is 0.337 e. The van der Waals surface area contributed by atoms with Gasteiger partial charge in [0.2, 0.25) is 0 Å². The standard InChI is InChI=1S/C15H18N2O2/c1-9(8-11-6-7-11)17-10(2)16-14-12(15(18)19)4-3-5-13(14)17/h3-5,9,11H,6-8H2,1-2H3,(H,18,19). The van der Waals surface area contributed by atoms with E-state index in [0.29, 0.717) is 11.6 Å². The first kappa shape index (κ1) is 12.2. The summed E-state index contributed by atoms with van der Waals surface area (Å²) in [4.78, 5) is 15.7. The molecule has 1 unspecified atom stereocenters. The van der Waals surface area contributed by atoms with Crippen molar-refractivity contribution in [3.63, 3.8) is 0 Å². The third-order valence-corrected chi connectivity index (χ3v) is 3.94. The minimum absolute atomic E-state index is 0.290. The Labute approximate surface area is 112 Å². The van der Waals surface area contributed by atoms with Crippen LogP contribution in [0.4, 0.5) is 0 Å². The van der Waals surface area contributed by atoms with Gasteiger partial charge in [0.05, 0.1) is 11.1 Å². The molecule has 1 aromatic heterocycles. The van der Waals surface area contributed by atoms with Gasteiger partial charge in [-0.2, -0.15) is 0 Å². The van der Waals surface area contributed by atoms with Crippen LogP contribution in [0, 0.1) is 12.8 Å². The third-order valence-electron chi connectivity index (χ3n) is 3.94. The van der Waals surface area contributed by atoms with Crippen LogP contribution in [0.2, 0.25) is 0 Å². The van der Waals surface area contributed by atoms with Crippen molar-refractivity contribution in [3.05, 3.63) is 29.6 Å². The Kier molecular flexibility index (Phi) is 2.81. The number of aromatic carboxylic acids is 1. The molecule has 1 N–H and O–H groups in total. The van der Waals surface area contributed by atoms with Crippen molar-refractivity contribution in [2.24, 2.45) is 5.92 Å². The summed E-state index contributed by atoms with van der Waals surface area (Å²) in [5.41, 5.74) is 1.83. The Hall–Kier alpha value is -1.84. The molecule has 1 atom stereocenters. The zero-order valence-corrected chi connectivity index (χ0v) is 11.3. The molecule has 3 rings (SSSR count). The molecular weight excluding hydrogens is 240 g/mol. The fraction of sp³-hybridized carbons (Fsp3) is 0.467. The van der Waals surface area contributed by atoms with Crippen LogP contribution in [0.25, 0.3) is 11.0 Å². The summed E-state index contributed by atoms with van der Waals surface area (Å²) in [5.74, 6) is 0.830. The van der Waals surface area contributed by atoms with Crippen LogP contribution in [0.1, 0.15) is 48.4 Å². The minimum atomic E-state index is -0.912. The van der Waals surface area contributed by atoms with E-state index in [1.807, 2.05) is 13.0 Å². The number of carboxylic acid groups (broad SMARTS) is 1. The summed E-state index contributed by atoms with van der Waals surface area (Å²) in [6.07, 6.45) is 3.82. The van der Waals surface area contributed by atoms with Crippen LogP contribution in [0.5, 0.6) is 0 Å². The topological polar surface area (TPSA) is 55.1 Å². The monoisotopic (exact) mass is 258 g/mol. The van der Waals surface area contributed by atoms with E-state index >= 15 is 0 Å². The van der Waals surface area contributed by atoms with Crippen molar-refractivity contribution in [1.29, 1.82) is 0 Å². The van der Waals surface area contributed by atoms with E-state index in [0.717, 1.165) is 23.7 Å². The van der Waals surface area contributed by atoms with Gasteiger partial charge in [0.15, 0.2) is 0 Å². The fourth-order valence-electron chi connectivity index (χ4n) is 2.90. The number of hydrogen-bond donors (Lipinski definition) is 1. The van der Waals surface area contributed by atoms with Crippen molar-refractivity contribution in [2.45, 2.75) is 39.2 Å². The summed E-state index contributed by atoms with van der Waals surface area (Å²) in [6, 6.07) is 5.76. The molecule has 0 aliphatic heterocycles. The van der Waals surface area contributed by atoms with Crippen LogP contribution in [-0.4, -0.2) is 20.6 Å². The molecule has 19 heavy (non-hydrogen) atoms. The summed E-state index contributed by atoms with van der Waals surface area (Å²) >= 11 is 0. The van der Waals surface area contributed by atoms with Crippen molar-refractivity contribution >= 4 is 17.0 Å². The Morgan fingerprint density at radius 3 is 2.89 bits per heavy atom. The number of nitrogens with zero attached hydrogens (tertiary/aromatic N) is 2. The number of carboxylic acids is 1. The van der Waals surface area contributed by atoms with Crippen LogP contribution in [-0.2, 0) is 0 Å². The van der Waals surface area contributed by atoms with E-state index in [4.69, 9.17) is 0 Å². The molecule has 1 aliphatic rings. The second kappa shape index (κ2) is 4.37. The number of benzene rings is 1. The first-order valence-electron chi connectivity index (χ1n) is 6.78. The molecule has 1 heterocycles. The zero-order valence-electron chi connectivity index (χ0n) is 11.3. The number of hydrogen-bond acceptors (Lipinski definition) is 2. The second-order valence-corrected chi connectivity index (χ2v) is 5.54. The quantitative estimate of drug-likeness (QED) is 0.914. The molecule has 0 saturated heterocycles. The van der Waals surface area contributed by atoms with Gasteiger partial charge in [-0.25, -0.2) is 9.78 Å². The highest BCUT2D eigenvalue weighted by molar-refractivity contribution is 6.01. The molecule has 0 amide bonds. The summed E-state index contributed by atoms with van der Waals surface area (Å²) < 4.78 is 2.18. The molecule has 4 heteroatoms. The van der Waals surface area contributed by atoms with Gasteiger partial charge in [-0.1, -0.05) is 18.9 Å². The van der Waals surface area contributed by atoms with E-state index < -0.39 is 5.97 Å². The van der Waals surface area contributed by atoms with Gasteiger partial charge < -0.3 is 9.67 Å². The van der Waals surface area contributed by atoms with E-state index in [-0.39, 0.29) is 5.56 Å². The molecule has 1 aromatic carbocycles. The molecule has 100 valence electrons. The largest absolute Gasteiger partial charge is 0.478 e. The van der Waals surface area contributed by atoms with Gasteiger partial charge in [-0.05, 0) is 38.3 Å². The molecule has 1 aliphatic carbocycles. The number of para-hydroxylation sites is 1. The number of rotatable bonds is 4. The lowest BCUT2D eigenvalue weighted by atomic mass is 10.1. The molecular formula is C15H18N2O2. The van der Waals surface area contributed by atoms with Crippen molar-refractivity contribution in [3.8, 4) is 0 Å². The van der Waals surface area contributed by atoms with Crippen molar-refractivity contribution in [2.75, 3.05) is 0 Å². The minimum Gasteiger partial charge on any atom is -0.478 e. The SMILES string of the molecule is Cc1nc2c(C(=O)O)cccc2n1C(C)CC1CC1. The molecule has 1 saturated carbocycles. The van der Waals surface area contributed by atoms with Gasteiger partial charge >= 0.3 is 5.97 Å². The lowest BCUT2D eigenvalue weighted by Gasteiger charge is -2.16. The normalized spacial score (nSPS) is 16.7. The molecule has 0 radical (unpaired) electrons. The molecule has 2 aromatic rings. The van der Waals surface area contributed by atoms with E-state index in [2.05, 4.69) is 16.5 Å². The van der Waals surface area contributed by atoms with Gasteiger partial charge in [-0.3, -0.25) is 0 Å². The molecule has 4 nitrogen and oxygen atoms in total. The van der Waals surface area contributed by atoms with E-state index in [1.54, 1.807) is 12.1 Å². The van der Waals surface area contributed by atoms with Crippen molar-refractivity contribution in [1.82, 2.24) is 9.55 Å². The third kappa shape index (κ3) is 2.11. The van der Waals surface area contributed by atoms with Gasteiger partial charge in [-0.15, -0.1) is 0 Å².